The minimum absolute atomic E-state index is 0. The zero-order valence-corrected chi connectivity index (χ0v) is 16.8. The molecule has 0 saturated carbocycles. The first-order chi connectivity index (χ1) is 13.3. The molecule has 152 valence electrons. The lowest BCUT2D eigenvalue weighted by Crippen LogP contribution is -1.67. The maximum Gasteiger partial charge on any atom is 0.0319 e. The predicted octanol–water partition coefficient (Wildman–Crippen LogP) is 6.95. The first kappa shape index (κ1) is 27.5. The summed E-state index contributed by atoms with van der Waals surface area (Å²) in [5.74, 6) is 0. The van der Waals surface area contributed by atoms with Gasteiger partial charge in [0.05, 0.1) is 0 Å². The van der Waals surface area contributed by atoms with Crippen LogP contribution >= 0.6 is 0 Å². The number of aliphatic hydroxyl groups excluding tert-OH is 2. The molecule has 0 saturated heterocycles. The fourth-order valence-corrected chi connectivity index (χ4v) is 2.27. The van der Waals surface area contributed by atoms with E-state index in [9.17, 15) is 0 Å². The molecule has 0 atom stereocenters. The van der Waals surface area contributed by atoms with Gasteiger partial charge in [-0.25, -0.2) is 0 Å². The van der Waals surface area contributed by atoms with Gasteiger partial charge in [-0.15, -0.1) is 0 Å². The summed E-state index contributed by atoms with van der Waals surface area (Å²) < 4.78 is 0. The molecule has 4 aromatic carbocycles. The second-order valence-electron chi connectivity index (χ2n) is 5.40. The average molecular weight is 381 g/mol. The fraction of sp³-hybridized carbons (Fsp3) is 0.231. The number of rotatable bonds is 0. The number of benzene rings is 4. The van der Waals surface area contributed by atoms with Gasteiger partial charge in [0.2, 0.25) is 0 Å². The van der Waals surface area contributed by atoms with Crippen LogP contribution in [0.4, 0.5) is 0 Å². The summed E-state index contributed by atoms with van der Waals surface area (Å²) in [5, 5.41) is 19.2. The van der Waals surface area contributed by atoms with E-state index in [0.717, 1.165) is 14.2 Å². The summed E-state index contributed by atoms with van der Waals surface area (Å²) in [6.07, 6.45) is 1.25. The number of aliphatic hydroxyl groups is 2. The van der Waals surface area contributed by atoms with Crippen LogP contribution in [0.2, 0.25) is 0 Å². The molecular weight excluding hydrogens is 344 g/mol. The third-order valence-corrected chi connectivity index (χ3v) is 3.32. The monoisotopic (exact) mass is 380 g/mol. The molecule has 4 rings (SSSR count). The van der Waals surface area contributed by atoms with Crippen molar-refractivity contribution in [1.29, 1.82) is 0 Å². The van der Waals surface area contributed by atoms with Gasteiger partial charge in [-0.05, 0) is 21.5 Å². The lowest BCUT2D eigenvalue weighted by Gasteiger charge is -1.92. The molecule has 0 aliphatic rings. The van der Waals surface area contributed by atoms with Crippen molar-refractivity contribution in [2.75, 3.05) is 14.2 Å². The molecule has 4 aromatic rings. The zero-order valence-electron chi connectivity index (χ0n) is 16.8. The highest BCUT2D eigenvalue weighted by atomic mass is 16.2. The SMILES string of the molecule is C.CCC.CO.CO.c1ccc2ccccc2c1.c1ccc2ccccc2c1. The van der Waals surface area contributed by atoms with Gasteiger partial charge in [-0.3, -0.25) is 0 Å². The van der Waals surface area contributed by atoms with Gasteiger partial charge in [0, 0.05) is 14.2 Å². The Morgan fingerprint density at radius 1 is 0.429 bits per heavy atom. The molecule has 0 spiro atoms. The molecule has 0 amide bonds. The van der Waals surface area contributed by atoms with Gasteiger partial charge in [-0.1, -0.05) is 125 Å². The molecule has 0 fully saturated rings. The zero-order chi connectivity index (χ0) is 20.3. The Hall–Kier alpha value is -2.68. The van der Waals surface area contributed by atoms with Crippen LogP contribution in [-0.4, -0.2) is 24.4 Å². The van der Waals surface area contributed by atoms with Crippen molar-refractivity contribution in [1.82, 2.24) is 0 Å². The lowest BCUT2D eigenvalue weighted by molar-refractivity contribution is 0.399. The van der Waals surface area contributed by atoms with Crippen LogP contribution in [0.15, 0.2) is 97.1 Å². The summed E-state index contributed by atoms with van der Waals surface area (Å²) in [4.78, 5) is 0. The van der Waals surface area contributed by atoms with Crippen LogP contribution in [0.5, 0.6) is 0 Å². The summed E-state index contributed by atoms with van der Waals surface area (Å²) in [6, 6.07) is 33.4. The van der Waals surface area contributed by atoms with Crippen LogP contribution in [-0.2, 0) is 0 Å². The van der Waals surface area contributed by atoms with Crippen LogP contribution in [0, 0.1) is 0 Å². The third kappa shape index (κ3) is 10.5. The second kappa shape index (κ2) is 19.1. The van der Waals surface area contributed by atoms with E-state index < -0.39 is 0 Å². The molecule has 28 heavy (non-hydrogen) atoms. The van der Waals surface area contributed by atoms with Gasteiger partial charge in [0.15, 0.2) is 0 Å². The molecule has 2 nitrogen and oxygen atoms in total. The van der Waals surface area contributed by atoms with Gasteiger partial charge < -0.3 is 10.2 Å². The van der Waals surface area contributed by atoms with Crippen molar-refractivity contribution >= 4 is 21.5 Å². The first-order valence-corrected chi connectivity index (χ1v) is 9.12. The largest absolute Gasteiger partial charge is 0.400 e. The predicted molar refractivity (Wildman–Crippen MR) is 127 cm³/mol. The Morgan fingerprint density at radius 3 is 0.643 bits per heavy atom. The molecular formula is C26H36O2. The maximum absolute atomic E-state index is 7.00. The maximum atomic E-state index is 7.00. The summed E-state index contributed by atoms with van der Waals surface area (Å²) in [5.41, 5.74) is 0. The Labute approximate surface area is 171 Å². The standard InChI is InChI=1S/2C10H8.C3H8.2CH4O.CH4/c2*1-2-6-10-8-4-3-7-9(10)5-1;1-3-2;2*1-2;/h2*1-8H;3H2,1-2H3;2*2H,1H3;1H4. The topological polar surface area (TPSA) is 40.5 Å². The molecule has 0 aliphatic heterocycles. The second-order valence-corrected chi connectivity index (χ2v) is 5.40. The van der Waals surface area contributed by atoms with Gasteiger partial charge in [-0.2, -0.15) is 0 Å². The van der Waals surface area contributed by atoms with E-state index in [1.165, 1.54) is 28.0 Å². The summed E-state index contributed by atoms with van der Waals surface area (Å²) in [6.45, 7) is 4.25. The van der Waals surface area contributed by atoms with Crippen LogP contribution < -0.4 is 0 Å². The van der Waals surface area contributed by atoms with Gasteiger partial charge >= 0.3 is 0 Å². The van der Waals surface area contributed by atoms with Gasteiger partial charge in [0.25, 0.3) is 0 Å². The smallest absolute Gasteiger partial charge is 0.0319 e. The van der Waals surface area contributed by atoms with E-state index in [1.54, 1.807) is 0 Å². The lowest BCUT2D eigenvalue weighted by atomic mass is 10.1. The van der Waals surface area contributed by atoms with Crippen LogP contribution in [0.1, 0.15) is 27.7 Å². The quantitative estimate of drug-likeness (QED) is 0.346. The molecule has 2 N–H and O–H groups in total. The Kier molecular flexibility index (Phi) is 18.8. The molecule has 0 unspecified atom stereocenters. The van der Waals surface area contributed by atoms with E-state index in [2.05, 4.69) is 111 Å². The highest BCUT2D eigenvalue weighted by Crippen LogP contribution is 2.11. The van der Waals surface area contributed by atoms with E-state index >= 15 is 0 Å². The average Bonchev–Trinajstić information content (AvgIpc) is 2.78. The fourth-order valence-electron chi connectivity index (χ4n) is 2.27. The number of hydrogen-bond donors (Lipinski definition) is 2. The summed E-state index contributed by atoms with van der Waals surface area (Å²) in [7, 11) is 2.00. The Balaban J connectivity index is 0. The normalized spacial score (nSPS) is 8.21. The summed E-state index contributed by atoms with van der Waals surface area (Å²) >= 11 is 0. The minimum Gasteiger partial charge on any atom is -0.400 e. The molecule has 0 bridgehead atoms. The minimum atomic E-state index is 0. The van der Waals surface area contributed by atoms with Crippen molar-refractivity contribution in [2.24, 2.45) is 0 Å². The highest BCUT2D eigenvalue weighted by molar-refractivity contribution is 5.82. The van der Waals surface area contributed by atoms with Crippen molar-refractivity contribution in [3.63, 3.8) is 0 Å². The third-order valence-electron chi connectivity index (χ3n) is 3.32. The number of hydrogen-bond acceptors (Lipinski definition) is 2. The van der Waals surface area contributed by atoms with E-state index in [0.29, 0.717) is 0 Å². The molecule has 2 heteroatoms. The van der Waals surface area contributed by atoms with E-state index in [4.69, 9.17) is 10.2 Å². The number of fused-ring (bicyclic) bond motifs is 2. The van der Waals surface area contributed by atoms with Gasteiger partial charge in [0.1, 0.15) is 0 Å². The highest BCUT2D eigenvalue weighted by Gasteiger charge is 1.86. The Bertz CT molecular complexity index is 639. The molecule has 0 heterocycles. The Morgan fingerprint density at radius 2 is 0.536 bits per heavy atom. The van der Waals surface area contributed by atoms with Crippen molar-refractivity contribution in [2.45, 2.75) is 27.7 Å². The van der Waals surface area contributed by atoms with Crippen LogP contribution in [0.25, 0.3) is 21.5 Å². The molecule has 0 aromatic heterocycles. The van der Waals surface area contributed by atoms with E-state index in [-0.39, 0.29) is 7.43 Å². The first-order valence-electron chi connectivity index (χ1n) is 9.12. The van der Waals surface area contributed by atoms with E-state index in [1.807, 2.05) is 0 Å². The van der Waals surface area contributed by atoms with Crippen molar-refractivity contribution in [3.8, 4) is 0 Å². The van der Waals surface area contributed by atoms with Crippen molar-refractivity contribution in [3.05, 3.63) is 97.1 Å². The molecule has 0 radical (unpaired) electrons. The molecule has 0 aliphatic carbocycles. The van der Waals surface area contributed by atoms with Crippen LogP contribution in [0.3, 0.4) is 0 Å². The van der Waals surface area contributed by atoms with Crippen molar-refractivity contribution < 1.29 is 10.2 Å².